The van der Waals surface area contributed by atoms with E-state index >= 15 is 0 Å². The number of aryl methyl sites for hydroxylation is 1. The van der Waals surface area contributed by atoms with Gasteiger partial charge in [0.1, 0.15) is 12.2 Å². The Labute approximate surface area is 253 Å². The van der Waals surface area contributed by atoms with E-state index in [0.717, 1.165) is 44.9 Å². The fourth-order valence-electron chi connectivity index (χ4n) is 5.63. The summed E-state index contributed by atoms with van der Waals surface area (Å²) in [4.78, 5) is 12.6. The van der Waals surface area contributed by atoms with E-state index in [2.05, 4.69) is 51.1 Å². The number of carbonyl (C=O) groups is 1. The molecule has 3 N–H and O–H groups in total. The smallest absolute Gasteiger partial charge is 0.333 e. The summed E-state index contributed by atoms with van der Waals surface area (Å²) in [5.74, 6) is 0.566. The maximum atomic E-state index is 12.6. The standard InChI is InChI=1S/C35H54O7/c1-23(2)28-17-13-26(14-18-28)12-8-10-25(4)33(38)42-30-22-41-34(32(37)31(30)36)40-21-24(3)9-7-11-27-15-19-29(20-16-27)35(5,6)39/h10,13-15,17-18,23-24,29-32,34,36-37,39H,7-9,11-12,16,19-22H2,1-6H3. The van der Waals surface area contributed by atoms with Crippen LogP contribution in [0.5, 0.6) is 0 Å². The summed E-state index contributed by atoms with van der Waals surface area (Å²) in [7, 11) is 0. The van der Waals surface area contributed by atoms with Crippen LogP contribution in [-0.4, -0.2) is 64.7 Å². The summed E-state index contributed by atoms with van der Waals surface area (Å²) >= 11 is 0. The second-order valence-corrected chi connectivity index (χ2v) is 13.3. The van der Waals surface area contributed by atoms with Gasteiger partial charge < -0.3 is 29.5 Å². The van der Waals surface area contributed by atoms with Crippen LogP contribution >= 0.6 is 0 Å². The van der Waals surface area contributed by atoms with Gasteiger partial charge in [-0.2, -0.15) is 0 Å². The first-order chi connectivity index (χ1) is 19.8. The average Bonchev–Trinajstić information content (AvgIpc) is 2.95. The Balaban J connectivity index is 1.34. The normalized spacial score (nSPS) is 26.2. The Bertz CT molecular complexity index is 1040. The summed E-state index contributed by atoms with van der Waals surface area (Å²) in [6.45, 7) is 12.3. The van der Waals surface area contributed by atoms with E-state index in [9.17, 15) is 20.1 Å². The molecule has 6 unspecified atom stereocenters. The van der Waals surface area contributed by atoms with Gasteiger partial charge in [0.15, 0.2) is 12.4 Å². The first kappa shape index (κ1) is 34.5. The van der Waals surface area contributed by atoms with E-state index in [1.807, 2.05) is 19.9 Å². The summed E-state index contributed by atoms with van der Waals surface area (Å²) < 4.78 is 16.9. The van der Waals surface area contributed by atoms with Crippen molar-refractivity contribution >= 4 is 5.97 Å². The fourth-order valence-corrected chi connectivity index (χ4v) is 5.63. The van der Waals surface area contributed by atoms with E-state index in [4.69, 9.17) is 14.2 Å². The van der Waals surface area contributed by atoms with E-state index in [1.165, 1.54) is 16.7 Å². The first-order valence-electron chi connectivity index (χ1n) is 15.8. The number of aliphatic hydroxyl groups is 3. The molecule has 0 amide bonds. The number of benzene rings is 1. The van der Waals surface area contributed by atoms with Crippen LogP contribution in [0.1, 0.15) is 104 Å². The van der Waals surface area contributed by atoms with Crippen molar-refractivity contribution in [3.8, 4) is 0 Å². The summed E-state index contributed by atoms with van der Waals surface area (Å²) in [5, 5.41) is 31.4. The van der Waals surface area contributed by atoms with Crippen molar-refractivity contribution in [3.05, 3.63) is 58.7 Å². The Morgan fingerprint density at radius 3 is 2.45 bits per heavy atom. The van der Waals surface area contributed by atoms with E-state index in [-0.39, 0.29) is 12.5 Å². The van der Waals surface area contributed by atoms with Crippen molar-refractivity contribution in [2.75, 3.05) is 13.2 Å². The summed E-state index contributed by atoms with van der Waals surface area (Å²) in [6.07, 6.45) is 7.24. The maximum Gasteiger partial charge on any atom is 0.333 e. The number of ether oxygens (including phenoxy) is 3. The number of esters is 1. The highest BCUT2D eigenvalue weighted by Gasteiger charge is 2.41. The van der Waals surface area contributed by atoms with Crippen LogP contribution in [-0.2, 0) is 25.4 Å². The molecule has 6 atom stereocenters. The van der Waals surface area contributed by atoms with E-state index < -0.39 is 36.2 Å². The molecule has 1 aromatic rings. The molecule has 1 saturated heterocycles. The van der Waals surface area contributed by atoms with Gasteiger partial charge in [0.2, 0.25) is 0 Å². The SMILES string of the molecule is CC(=CCCc1ccc(C(C)C)cc1)C(=O)OC1COC(OCC(C)CCCC2=CCC(C(C)(C)O)CC2)C(O)C1O. The first-order valence-corrected chi connectivity index (χ1v) is 15.8. The molecule has 3 rings (SSSR count). The highest BCUT2D eigenvalue weighted by molar-refractivity contribution is 5.87. The lowest BCUT2D eigenvalue weighted by atomic mass is 9.78. The second kappa shape index (κ2) is 16.2. The van der Waals surface area contributed by atoms with Crippen LogP contribution in [0.3, 0.4) is 0 Å². The molecule has 1 aromatic carbocycles. The van der Waals surface area contributed by atoms with Gasteiger partial charge in [-0.05, 0) is 101 Å². The molecular weight excluding hydrogens is 532 g/mol. The van der Waals surface area contributed by atoms with Crippen molar-refractivity contribution < 1.29 is 34.3 Å². The van der Waals surface area contributed by atoms with Crippen molar-refractivity contribution in [1.82, 2.24) is 0 Å². The topological polar surface area (TPSA) is 105 Å². The third-order valence-corrected chi connectivity index (χ3v) is 8.79. The highest BCUT2D eigenvalue weighted by atomic mass is 16.7. The molecular formula is C35H54O7. The fraction of sp³-hybridized carbons (Fsp3) is 0.686. The van der Waals surface area contributed by atoms with Gasteiger partial charge in [0.25, 0.3) is 0 Å². The van der Waals surface area contributed by atoms with Gasteiger partial charge in [0.05, 0.1) is 18.8 Å². The van der Waals surface area contributed by atoms with Gasteiger partial charge in [-0.15, -0.1) is 0 Å². The molecule has 1 aliphatic heterocycles. The molecule has 7 heteroatoms. The number of rotatable bonds is 14. The Morgan fingerprint density at radius 1 is 1.12 bits per heavy atom. The van der Waals surface area contributed by atoms with Gasteiger partial charge in [-0.1, -0.05) is 62.8 Å². The Hall–Kier alpha value is -2.03. The quantitative estimate of drug-likeness (QED) is 0.140. The average molecular weight is 587 g/mol. The highest BCUT2D eigenvalue weighted by Crippen LogP contribution is 2.33. The molecule has 42 heavy (non-hydrogen) atoms. The molecule has 0 saturated carbocycles. The van der Waals surface area contributed by atoms with Crippen molar-refractivity contribution in [2.24, 2.45) is 11.8 Å². The van der Waals surface area contributed by atoms with Crippen LogP contribution in [0.4, 0.5) is 0 Å². The van der Waals surface area contributed by atoms with Crippen molar-refractivity contribution in [3.63, 3.8) is 0 Å². The molecule has 1 fully saturated rings. The molecule has 0 radical (unpaired) electrons. The van der Waals surface area contributed by atoms with Crippen LogP contribution in [0.25, 0.3) is 0 Å². The van der Waals surface area contributed by atoms with Crippen LogP contribution < -0.4 is 0 Å². The lowest BCUT2D eigenvalue weighted by Crippen LogP contribution is -2.55. The Kier molecular flexibility index (Phi) is 13.3. The van der Waals surface area contributed by atoms with E-state index in [1.54, 1.807) is 6.92 Å². The molecule has 1 heterocycles. The van der Waals surface area contributed by atoms with Crippen molar-refractivity contribution in [2.45, 2.75) is 129 Å². The minimum Gasteiger partial charge on any atom is -0.454 e. The number of hydrogen-bond donors (Lipinski definition) is 3. The van der Waals surface area contributed by atoms with Crippen LogP contribution in [0, 0.1) is 11.8 Å². The third-order valence-electron chi connectivity index (χ3n) is 8.79. The molecule has 0 spiro atoms. The van der Waals surface area contributed by atoms with Crippen LogP contribution in [0.15, 0.2) is 47.6 Å². The number of allylic oxidation sites excluding steroid dienone is 3. The number of carbonyl (C=O) groups excluding carboxylic acids is 1. The molecule has 0 bridgehead atoms. The molecule has 7 nitrogen and oxygen atoms in total. The zero-order valence-corrected chi connectivity index (χ0v) is 26.6. The number of hydrogen-bond acceptors (Lipinski definition) is 7. The van der Waals surface area contributed by atoms with Crippen LogP contribution in [0.2, 0.25) is 0 Å². The van der Waals surface area contributed by atoms with Crippen molar-refractivity contribution in [1.29, 1.82) is 0 Å². The molecule has 236 valence electrons. The minimum absolute atomic E-state index is 0.0434. The predicted molar refractivity (Wildman–Crippen MR) is 165 cm³/mol. The van der Waals surface area contributed by atoms with E-state index in [0.29, 0.717) is 30.4 Å². The molecule has 1 aliphatic carbocycles. The van der Waals surface area contributed by atoms with Gasteiger partial charge in [-0.3, -0.25) is 0 Å². The maximum absolute atomic E-state index is 12.6. The minimum atomic E-state index is -1.31. The lowest BCUT2D eigenvalue weighted by molar-refractivity contribution is -0.275. The third kappa shape index (κ3) is 10.6. The zero-order valence-electron chi connectivity index (χ0n) is 26.6. The molecule has 2 aliphatic rings. The van der Waals surface area contributed by atoms with Gasteiger partial charge >= 0.3 is 5.97 Å². The van der Waals surface area contributed by atoms with Gasteiger partial charge in [0, 0.05) is 5.57 Å². The number of aliphatic hydroxyl groups excluding tert-OH is 2. The summed E-state index contributed by atoms with van der Waals surface area (Å²) in [5.41, 5.74) is 3.83. The van der Waals surface area contributed by atoms with Gasteiger partial charge in [-0.25, -0.2) is 4.79 Å². The zero-order chi connectivity index (χ0) is 30.9. The predicted octanol–water partition coefficient (Wildman–Crippen LogP) is 6.00. The Morgan fingerprint density at radius 2 is 1.83 bits per heavy atom. The largest absolute Gasteiger partial charge is 0.454 e. The lowest BCUT2D eigenvalue weighted by Gasteiger charge is -2.37. The second-order valence-electron chi connectivity index (χ2n) is 13.3. The summed E-state index contributed by atoms with van der Waals surface area (Å²) in [6, 6.07) is 8.53. The molecule has 0 aromatic heterocycles. The monoisotopic (exact) mass is 586 g/mol.